The highest BCUT2D eigenvalue weighted by Gasteiger charge is 2.41. The maximum atomic E-state index is 14.3. The molecule has 4 rings (SSSR count). The van der Waals surface area contributed by atoms with Crippen molar-refractivity contribution in [2.75, 3.05) is 0 Å². The van der Waals surface area contributed by atoms with Crippen LogP contribution in [-0.2, 0) is 10.3 Å². The highest BCUT2D eigenvalue weighted by Crippen LogP contribution is 2.41. The zero-order valence-corrected chi connectivity index (χ0v) is 21.0. The van der Waals surface area contributed by atoms with Crippen LogP contribution in [0, 0.1) is 11.2 Å². The zero-order valence-electron chi connectivity index (χ0n) is 20.3. The van der Waals surface area contributed by atoms with Gasteiger partial charge in [-0.15, -0.1) is 0 Å². The summed E-state index contributed by atoms with van der Waals surface area (Å²) in [5, 5.41) is 11.7. The molecule has 33 heavy (non-hydrogen) atoms. The SMILES string of the molecule is CC1(C)CCC(NC(=O)[C@@H]2C[C@@H](c3ccn(C(C)(C)C)n3)[C@H](c3ccc(Cl)c(F)c3)N2)CC1. The third-order valence-electron chi connectivity index (χ3n) is 7.25. The lowest BCUT2D eigenvalue weighted by Crippen LogP contribution is -2.47. The Morgan fingerprint density at radius 2 is 1.94 bits per heavy atom. The average molecular weight is 475 g/mol. The summed E-state index contributed by atoms with van der Waals surface area (Å²) in [6.07, 6.45) is 6.85. The van der Waals surface area contributed by atoms with Crippen LogP contribution in [0.25, 0.3) is 0 Å². The monoisotopic (exact) mass is 474 g/mol. The molecule has 1 saturated heterocycles. The molecule has 1 aromatic carbocycles. The van der Waals surface area contributed by atoms with Crippen molar-refractivity contribution in [3.8, 4) is 0 Å². The second-order valence-electron chi connectivity index (χ2n) is 11.5. The third-order valence-corrected chi connectivity index (χ3v) is 7.56. The van der Waals surface area contributed by atoms with Crippen molar-refractivity contribution in [2.45, 2.75) is 96.3 Å². The van der Waals surface area contributed by atoms with Crippen LogP contribution in [0.5, 0.6) is 0 Å². The molecular formula is C26H36ClFN4O. The molecule has 0 unspecified atom stereocenters. The maximum Gasteiger partial charge on any atom is 0.237 e. The van der Waals surface area contributed by atoms with Gasteiger partial charge in [-0.1, -0.05) is 31.5 Å². The summed E-state index contributed by atoms with van der Waals surface area (Å²) in [7, 11) is 0. The summed E-state index contributed by atoms with van der Waals surface area (Å²) in [5.74, 6) is -0.472. The minimum atomic E-state index is -0.451. The van der Waals surface area contributed by atoms with Crippen LogP contribution in [0.4, 0.5) is 4.39 Å². The summed E-state index contributed by atoms with van der Waals surface area (Å²) in [6, 6.07) is 6.54. The van der Waals surface area contributed by atoms with Gasteiger partial charge in [-0.25, -0.2) is 4.39 Å². The summed E-state index contributed by atoms with van der Waals surface area (Å²) < 4.78 is 16.2. The lowest BCUT2D eigenvalue weighted by Gasteiger charge is -2.35. The molecule has 1 amide bonds. The van der Waals surface area contributed by atoms with E-state index in [0.717, 1.165) is 36.9 Å². The van der Waals surface area contributed by atoms with Gasteiger partial charge in [0.1, 0.15) is 5.82 Å². The van der Waals surface area contributed by atoms with E-state index in [9.17, 15) is 9.18 Å². The third kappa shape index (κ3) is 5.43. The van der Waals surface area contributed by atoms with Crippen LogP contribution < -0.4 is 10.6 Å². The first-order valence-electron chi connectivity index (χ1n) is 12.0. The van der Waals surface area contributed by atoms with Crippen molar-refractivity contribution in [2.24, 2.45) is 5.41 Å². The van der Waals surface area contributed by atoms with Gasteiger partial charge in [0.25, 0.3) is 0 Å². The first kappa shape index (κ1) is 24.2. The fourth-order valence-electron chi connectivity index (χ4n) is 5.05. The smallest absolute Gasteiger partial charge is 0.237 e. The number of halogens is 2. The van der Waals surface area contributed by atoms with E-state index >= 15 is 0 Å². The first-order chi connectivity index (χ1) is 15.4. The average Bonchev–Trinajstić information content (AvgIpc) is 3.39. The van der Waals surface area contributed by atoms with Gasteiger partial charge in [-0.05, 0) is 82.1 Å². The number of carbonyl (C=O) groups excluding carboxylic acids is 1. The Balaban J connectivity index is 1.55. The number of amides is 1. The summed E-state index contributed by atoms with van der Waals surface area (Å²) in [4.78, 5) is 13.2. The number of hydrogen-bond acceptors (Lipinski definition) is 3. The number of hydrogen-bond donors (Lipinski definition) is 2. The van der Waals surface area contributed by atoms with E-state index in [4.69, 9.17) is 16.7 Å². The number of carbonyl (C=O) groups is 1. The van der Waals surface area contributed by atoms with Crippen molar-refractivity contribution in [3.05, 3.63) is 52.6 Å². The van der Waals surface area contributed by atoms with Gasteiger partial charge in [0, 0.05) is 24.2 Å². The normalized spacial score (nSPS) is 25.8. The second kappa shape index (κ2) is 9.03. The standard InChI is InChI=1S/C26H36ClFN4O/c1-25(2,3)32-13-10-21(31-32)18-15-22(24(33)29-17-8-11-26(4,5)12-9-17)30-23(18)16-6-7-19(27)20(28)14-16/h6-7,10,13-14,17-18,22-23,30H,8-9,11-12,15H2,1-5H3,(H,29,33)/t18-,22-,23-/m0/s1. The Morgan fingerprint density at radius 3 is 2.55 bits per heavy atom. The molecule has 1 aromatic heterocycles. The Bertz CT molecular complexity index is 1000. The first-order valence-corrected chi connectivity index (χ1v) is 12.4. The minimum Gasteiger partial charge on any atom is -0.352 e. The van der Waals surface area contributed by atoms with Crippen molar-refractivity contribution in [3.63, 3.8) is 0 Å². The number of nitrogens with one attached hydrogen (secondary N) is 2. The Morgan fingerprint density at radius 1 is 1.24 bits per heavy atom. The fourth-order valence-corrected chi connectivity index (χ4v) is 5.17. The minimum absolute atomic E-state index is 0.0249. The molecule has 2 aromatic rings. The molecule has 7 heteroatoms. The van der Waals surface area contributed by atoms with E-state index in [2.05, 4.69) is 45.3 Å². The van der Waals surface area contributed by atoms with Crippen molar-refractivity contribution >= 4 is 17.5 Å². The number of nitrogens with zero attached hydrogens (tertiary/aromatic N) is 2. The topological polar surface area (TPSA) is 59.0 Å². The second-order valence-corrected chi connectivity index (χ2v) is 11.9. The van der Waals surface area contributed by atoms with E-state index < -0.39 is 5.82 Å². The molecule has 2 aliphatic rings. The molecule has 2 heterocycles. The Labute approximate surface area is 201 Å². The van der Waals surface area contributed by atoms with Gasteiger partial charge in [-0.3, -0.25) is 14.8 Å². The van der Waals surface area contributed by atoms with Crippen LogP contribution in [0.3, 0.4) is 0 Å². The van der Waals surface area contributed by atoms with Crippen LogP contribution in [0.1, 0.15) is 89.9 Å². The number of benzene rings is 1. The zero-order chi connectivity index (χ0) is 24.0. The lowest BCUT2D eigenvalue weighted by molar-refractivity contribution is -0.124. The quantitative estimate of drug-likeness (QED) is 0.597. The van der Waals surface area contributed by atoms with Gasteiger partial charge in [-0.2, -0.15) is 5.10 Å². The van der Waals surface area contributed by atoms with Crippen LogP contribution in [0.2, 0.25) is 5.02 Å². The molecule has 5 nitrogen and oxygen atoms in total. The van der Waals surface area contributed by atoms with Crippen molar-refractivity contribution in [1.29, 1.82) is 0 Å². The molecule has 3 atom stereocenters. The summed E-state index contributed by atoms with van der Waals surface area (Å²) in [6.45, 7) is 10.9. The van der Waals surface area contributed by atoms with Gasteiger partial charge in [0.2, 0.25) is 5.91 Å². The van der Waals surface area contributed by atoms with Crippen LogP contribution in [0.15, 0.2) is 30.5 Å². The predicted octanol–water partition coefficient (Wildman–Crippen LogP) is 5.70. The Kier molecular flexibility index (Phi) is 6.62. The molecule has 0 spiro atoms. The van der Waals surface area contributed by atoms with Gasteiger partial charge >= 0.3 is 0 Å². The summed E-state index contributed by atoms with van der Waals surface area (Å²) >= 11 is 5.93. The van der Waals surface area contributed by atoms with Crippen molar-refractivity contribution < 1.29 is 9.18 Å². The van der Waals surface area contributed by atoms with E-state index in [-0.39, 0.29) is 40.5 Å². The largest absolute Gasteiger partial charge is 0.352 e. The predicted molar refractivity (Wildman–Crippen MR) is 130 cm³/mol. The molecular weight excluding hydrogens is 439 g/mol. The Hall–Kier alpha value is -1.92. The molecule has 180 valence electrons. The molecule has 1 aliphatic heterocycles. The highest BCUT2D eigenvalue weighted by molar-refractivity contribution is 6.30. The number of rotatable bonds is 4. The molecule has 1 saturated carbocycles. The van der Waals surface area contributed by atoms with Gasteiger partial charge in [0.15, 0.2) is 0 Å². The van der Waals surface area contributed by atoms with E-state index in [0.29, 0.717) is 11.8 Å². The van der Waals surface area contributed by atoms with Gasteiger partial charge < -0.3 is 5.32 Å². The van der Waals surface area contributed by atoms with Crippen LogP contribution >= 0.6 is 11.6 Å². The van der Waals surface area contributed by atoms with Crippen LogP contribution in [-0.4, -0.2) is 27.8 Å². The van der Waals surface area contributed by atoms with E-state index in [1.165, 1.54) is 6.07 Å². The van der Waals surface area contributed by atoms with E-state index in [1.807, 2.05) is 23.0 Å². The lowest BCUT2D eigenvalue weighted by atomic mass is 9.75. The van der Waals surface area contributed by atoms with E-state index in [1.54, 1.807) is 6.07 Å². The number of aromatic nitrogens is 2. The molecule has 2 fully saturated rings. The fraction of sp³-hybridized carbons (Fsp3) is 0.615. The molecule has 1 aliphatic carbocycles. The molecule has 2 N–H and O–H groups in total. The van der Waals surface area contributed by atoms with Crippen molar-refractivity contribution in [1.82, 2.24) is 20.4 Å². The molecule has 0 bridgehead atoms. The molecule has 0 radical (unpaired) electrons. The summed E-state index contributed by atoms with van der Waals surface area (Å²) in [5.41, 5.74) is 1.90. The highest BCUT2D eigenvalue weighted by atomic mass is 35.5. The van der Waals surface area contributed by atoms with Gasteiger partial charge in [0.05, 0.1) is 22.3 Å². The maximum absolute atomic E-state index is 14.3.